The van der Waals surface area contributed by atoms with Crippen LogP contribution >= 0.6 is 0 Å². The molecule has 35 heavy (non-hydrogen) atoms. The van der Waals surface area contributed by atoms with Crippen LogP contribution in [0.3, 0.4) is 0 Å². The SMILES string of the molecule is CC(C)C(=O)N(CCN1CCN(C(=O)COCc2ccccc2)CC1)CC1=CCC2CC1C2(C)C. The maximum atomic E-state index is 13.0. The second kappa shape index (κ2) is 11.3. The number of fused-ring (bicyclic) bond motifs is 1. The molecule has 1 aliphatic heterocycles. The van der Waals surface area contributed by atoms with E-state index < -0.39 is 0 Å². The van der Waals surface area contributed by atoms with Gasteiger partial charge in [0.15, 0.2) is 0 Å². The van der Waals surface area contributed by atoms with Crippen LogP contribution in [-0.4, -0.2) is 78.9 Å². The summed E-state index contributed by atoms with van der Waals surface area (Å²) in [5.41, 5.74) is 2.93. The zero-order valence-electron chi connectivity index (χ0n) is 22.0. The molecule has 0 spiro atoms. The first-order valence-corrected chi connectivity index (χ1v) is 13.3. The Balaban J connectivity index is 1.21. The predicted octanol–water partition coefficient (Wildman–Crippen LogP) is 3.82. The number of piperazine rings is 1. The van der Waals surface area contributed by atoms with Gasteiger partial charge in [0.25, 0.3) is 0 Å². The van der Waals surface area contributed by atoms with Crippen LogP contribution < -0.4 is 0 Å². The van der Waals surface area contributed by atoms with E-state index in [9.17, 15) is 9.59 Å². The number of amides is 2. The Bertz CT molecular complexity index is 903. The maximum absolute atomic E-state index is 13.0. The first kappa shape index (κ1) is 25.9. The molecule has 1 heterocycles. The van der Waals surface area contributed by atoms with Crippen molar-refractivity contribution in [1.82, 2.24) is 14.7 Å². The van der Waals surface area contributed by atoms with Gasteiger partial charge in [-0.3, -0.25) is 14.5 Å². The topological polar surface area (TPSA) is 53.1 Å². The van der Waals surface area contributed by atoms with E-state index in [4.69, 9.17) is 4.74 Å². The summed E-state index contributed by atoms with van der Waals surface area (Å²) < 4.78 is 5.63. The summed E-state index contributed by atoms with van der Waals surface area (Å²) in [4.78, 5) is 32.0. The van der Waals surface area contributed by atoms with Crippen molar-refractivity contribution < 1.29 is 14.3 Å². The molecule has 3 aliphatic carbocycles. The van der Waals surface area contributed by atoms with Gasteiger partial charge in [-0.05, 0) is 35.7 Å². The lowest BCUT2D eigenvalue weighted by molar-refractivity contribution is -0.138. The van der Waals surface area contributed by atoms with Gasteiger partial charge in [-0.2, -0.15) is 0 Å². The molecule has 2 bridgehead atoms. The number of hydrogen-bond acceptors (Lipinski definition) is 4. The number of benzene rings is 1. The molecule has 1 aromatic rings. The van der Waals surface area contributed by atoms with Crippen LogP contribution in [0.5, 0.6) is 0 Å². The van der Waals surface area contributed by atoms with Gasteiger partial charge in [0.1, 0.15) is 6.61 Å². The van der Waals surface area contributed by atoms with Crippen molar-refractivity contribution in [3.05, 3.63) is 47.5 Å². The minimum Gasteiger partial charge on any atom is -0.367 e. The molecule has 2 fully saturated rings. The third-order valence-corrected chi connectivity index (χ3v) is 8.51. The molecule has 0 aromatic heterocycles. The first-order valence-electron chi connectivity index (χ1n) is 13.3. The molecule has 192 valence electrons. The van der Waals surface area contributed by atoms with Crippen LogP contribution in [0.2, 0.25) is 0 Å². The van der Waals surface area contributed by atoms with Crippen molar-refractivity contribution in [2.75, 3.05) is 52.4 Å². The quantitative estimate of drug-likeness (QED) is 0.477. The third-order valence-electron chi connectivity index (χ3n) is 8.51. The van der Waals surface area contributed by atoms with Crippen molar-refractivity contribution in [3.8, 4) is 0 Å². The van der Waals surface area contributed by atoms with Gasteiger partial charge in [-0.15, -0.1) is 0 Å². The summed E-state index contributed by atoms with van der Waals surface area (Å²) in [5.74, 6) is 1.75. The second-order valence-corrected chi connectivity index (χ2v) is 11.4. The zero-order valence-corrected chi connectivity index (χ0v) is 22.0. The summed E-state index contributed by atoms with van der Waals surface area (Å²) in [6.07, 6.45) is 4.86. The first-order chi connectivity index (χ1) is 16.8. The third kappa shape index (κ3) is 6.15. The van der Waals surface area contributed by atoms with Crippen molar-refractivity contribution in [1.29, 1.82) is 0 Å². The Morgan fingerprint density at radius 2 is 1.83 bits per heavy atom. The molecule has 0 radical (unpaired) electrons. The molecule has 0 N–H and O–H groups in total. The molecule has 1 saturated carbocycles. The fraction of sp³-hybridized carbons (Fsp3) is 0.655. The highest BCUT2D eigenvalue weighted by atomic mass is 16.5. The van der Waals surface area contributed by atoms with Crippen molar-refractivity contribution in [2.45, 2.75) is 47.1 Å². The molecule has 6 nitrogen and oxygen atoms in total. The highest BCUT2D eigenvalue weighted by Gasteiger charge is 2.51. The second-order valence-electron chi connectivity index (χ2n) is 11.4. The van der Waals surface area contributed by atoms with E-state index in [1.165, 1.54) is 12.0 Å². The number of ether oxygens (including phenoxy) is 1. The molecule has 4 aliphatic rings. The molecule has 1 aromatic carbocycles. The molecular formula is C29H43N3O3. The van der Waals surface area contributed by atoms with E-state index in [0.717, 1.165) is 50.6 Å². The average molecular weight is 482 g/mol. The molecule has 5 rings (SSSR count). The minimum atomic E-state index is 0.00620. The minimum absolute atomic E-state index is 0.00620. The van der Waals surface area contributed by atoms with Gasteiger partial charge in [0.2, 0.25) is 11.8 Å². The molecule has 1 saturated heterocycles. The van der Waals surface area contributed by atoms with Gasteiger partial charge in [-0.1, -0.05) is 69.7 Å². The van der Waals surface area contributed by atoms with Crippen LogP contribution in [0, 0.1) is 23.2 Å². The van der Waals surface area contributed by atoms with Gasteiger partial charge in [-0.25, -0.2) is 0 Å². The number of carbonyl (C=O) groups excluding carboxylic acids is 2. The van der Waals surface area contributed by atoms with Crippen LogP contribution in [0.4, 0.5) is 0 Å². The van der Waals surface area contributed by atoms with E-state index >= 15 is 0 Å². The summed E-state index contributed by atoms with van der Waals surface area (Å²) in [6.45, 7) is 14.9. The summed E-state index contributed by atoms with van der Waals surface area (Å²) in [6, 6.07) is 9.94. The lowest BCUT2D eigenvalue weighted by atomic mass is 9.49. The van der Waals surface area contributed by atoms with Gasteiger partial charge in [0, 0.05) is 51.7 Å². The lowest BCUT2D eigenvalue weighted by Crippen LogP contribution is -2.53. The Morgan fingerprint density at radius 3 is 2.46 bits per heavy atom. The molecular weight excluding hydrogens is 438 g/mol. The molecule has 2 atom stereocenters. The van der Waals surface area contributed by atoms with Gasteiger partial charge >= 0.3 is 0 Å². The average Bonchev–Trinajstić information content (AvgIpc) is 2.86. The normalized spacial score (nSPS) is 23.6. The van der Waals surface area contributed by atoms with Crippen LogP contribution in [0.1, 0.15) is 46.1 Å². The van der Waals surface area contributed by atoms with Crippen molar-refractivity contribution in [3.63, 3.8) is 0 Å². The van der Waals surface area contributed by atoms with Crippen molar-refractivity contribution in [2.24, 2.45) is 23.2 Å². The number of allylic oxidation sites excluding steroid dienone is 1. The van der Waals surface area contributed by atoms with Crippen molar-refractivity contribution >= 4 is 11.8 Å². The fourth-order valence-corrected chi connectivity index (χ4v) is 5.91. The monoisotopic (exact) mass is 481 g/mol. The smallest absolute Gasteiger partial charge is 0.248 e. The Labute approximate surface area is 211 Å². The number of hydrogen-bond donors (Lipinski definition) is 0. The largest absolute Gasteiger partial charge is 0.367 e. The number of carbonyl (C=O) groups is 2. The molecule has 2 amide bonds. The van der Waals surface area contributed by atoms with Gasteiger partial charge < -0.3 is 14.5 Å². The van der Waals surface area contributed by atoms with Crippen LogP contribution in [0.15, 0.2) is 42.0 Å². The fourth-order valence-electron chi connectivity index (χ4n) is 5.91. The van der Waals surface area contributed by atoms with Crippen LogP contribution in [-0.2, 0) is 20.9 Å². The Morgan fingerprint density at radius 1 is 1.11 bits per heavy atom. The van der Waals surface area contributed by atoms with Crippen LogP contribution in [0.25, 0.3) is 0 Å². The van der Waals surface area contributed by atoms with E-state index in [2.05, 4.69) is 29.7 Å². The Kier molecular flexibility index (Phi) is 8.33. The predicted molar refractivity (Wildman–Crippen MR) is 139 cm³/mol. The molecule has 6 heteroatoms. The van der Waals surface area contributed by atoms with Gasteiger partial charge in [0.05, 0.1) is 6.61 Å². The molecule has 2 unspecified atom stereocenters. The van der Waals surface area contributed by atoms with E-state index in [1.807, 2.05) is 49.1 Å². The van der Waals surface area contributed by atoms with E-state index in [-0.39, 0.29) is 24.3 Å². The van der Waals surface area contributed by atoms with E-state index in [0.29, 0.717) is 31.0 Å². The number of nitrogens with zero attached hydrogens (tertiary/aromatic N) is 3. The summed E-state index contributed by atoms with van der Waals surface area (Å²) in [7, 11) is 0. The highest BCUT2D eigenvalue weighted by molar-refractivity contribution is 5.78. The number of rotatable bonds is 10. The summed E-state index contributed by atoms with van der Waals surface area (Å²) in [5, 5.41) is 0. The zero-order chi connectivity index (χ0) is 25.0. The summed E-state index contributed by atoms with van der Waals surface area (Å²) >= 11 is 0. The standard InChI is InChI=1S/C29H43N3O3/c1-22(2)28(34)32(19-24-10-11-25-18-26(24)29(25,3)4)17-14-30-12-15-31(16-13-30)27(33)21-35-20-23-8-6-5-7-9-23/h5-10,22,25-26H,11-21H2,1-4H3. The van der Waals surface area contributed by atoms with E-state index in [1.54, 1.807) is 0 Å². The highest BCUT2D eigenvalue weighted by Crippen LogP contribution is 2.59. The maximum Gasteiger partial charge on any atom is 0.248 e. The lowest BCUT2D eigenvalue weighted by Gasteiger charge is -2.57. The Hall–Kier alpha value is -2.18.